The number of piperidine rings is 1. The highest BCUT2D eigenvalue weighted by Gasteiger charge is 2.22. The number of aromatic hydroxyl groups is 1. The summed E-state index contributed by atoms with van der Waals surface area (Å²) in [5.74, 6) is 1.10. The lowest BCUT2D eigenvalue weighted by Gasteiger charge is -2.36. The Bertz CT molecular complexity index is 597. The number of phenolic OH excluding ortho intramolecular Hbond substituents is 1. The molecule has 1 atom stereocenters. The Balaban J connectivity index is 1.44. The third-order valence-corrected chi connectivity index (χ3v) is 4.76. The van der Waals surface area contributed by atoms with Gasteiger partial charge < -0.3 is 9.84 Å². The van der Waals surface area contributed by atoms with Gasteiger partial charge >= 0.3 is 0 Å². The van der Waals surface area contributed by atoms with Gasteiger partial charge in [-0.15, -0.1) is 0 Å². The number of nitrogens with zero attached hydrogens (tertiary/aromatic N) is 1. The fraction of sp³-hybridized carbons (Fsp3) is 0.429. The number of rotatable bonds is 7. The van der Waals surface area contributed by atoms with Crippen LogP contribution >= 0.6 is 0 Å². The lowest BCUT2D eigenvalue weighted by molar-refractivity contribution is 0.136. The molecule has 1 aliphatic heterocycles. The summed E-state index contributed by atoms with van der Waals surface area (Å²) in [5.41, 5.74) is 1.44. The molecule has 1 heterocycles. The van der Waals surface area contributed by atoms with Gasteiger partial charge in [0.05, 0.1) is 6.61 Å². The number of ether oxygens (including phenoxy) is 1. The molecule has 1 fully saturated rings. The largest absolute Gasteiger partial charge is 0.508 e. The minimum atomic E-state index is 0.277. The van der Waals surface area contributed by atoms with Crippen LogP contribution in [0.25, 0.3) is 0 Å². The molecule has 0 aromatic heterocycles. The average molecular weight is 325 g/mol. The molecule has 1 N–H and O–H groups in total. The van der Waals surface area contributed by atoms with Gasteiger partial charge in [-0.25, -0.2) is 0 Å². The molecule has 2 aromatic carbocycles. The average Bonchev–Trinajstić information content (AvgIpc) is 2.62. The van der Waals surface area contributed by atoms with E-state index in [0.717, 1.165) is 31.7 Å². The lowest BCUT2D eigenvalue weighted by Crippen LogP contribution is -2.41. The highest BCUT2D eigenvalue weighted by Crippen LogP contribution is 2.21. The Morgan fingerprint density at radius 3 is 2.58 bits per heavy atom. The van der Waals surface area contributed by atoms with Gasteiger partial charge in [-0.1, -0.05) is 36.8 Å². The van der Waals surface area contributed by atoms with Crippen molar-refractivity contribution in [2.24, 2.45) is 0 Å². The zero-order valence-electron chi connectivity index (χ0n) is 14.2. The monoisotopic (exact) mass is 325 g/mol. The van der Waals surface area contributed by atoms with Crippen molar-refractivity contribution >= 4 is 0 Å². The summed E-state index contributed by atoms with van der Waals surface area (Å²) in [5, 5.41) is 9.29. The topological polar surface area (TPSA) is 32.7 Å². The van der Waals surface area contributed by atoms with Crippen molar-refractivity contribution in [3.63, 3.8) is 0 Å². The molecule has 1 unspecified atom stereocenters. The third-order valence-electron chi connectivity index (χ3n) is 4.76. The first kappa shape index (κ1) is 16.8. The van der Waals surface area contributed by atoms with Crippen LogP contribution in [0.2, 0.25) is 0 Å². The standard InChI is InChI=1S/C21H27NO2/c23-20-10-12-21(13-11-20)24-16-6-15-22-14-5-4-9-19(22)17-18-7-2-1-3-8-18/h1-3,7-8,10-13,19,23H,4-6,9,14-17H2. The molecule has 3 nitrogen and oxygen atoms in total. The summed E-state index contributed by atoms with van der Waals surface area (Å²) in [7, 11) is 0. The summed E-state index contributed by atoms with van der Waals surface area (Å²) in [4.78, 5) is 2.64. The van der Waals surface area contributed by atoms with E-state index < -0.39 is 0 Å². The fourth-order valence-electron chi connectivity index (χ4n) is 3.47. The van der Waals surface area contributed by atoms with E-state index in [4.69, 9.17) is 4.74 Å². The van der Waals surface area contributed by atoms with Crippen molar-refractivity contribution < 1.29 is 9.84 Å². The van der Waals surface area contributed by atoms with Gasteiger partial charge in [0.1, 0.15) is 11.5 Å². The van der Waals surface area contributed by atoms with Crippen molar-refractivity contribution in [2.45, 2.75) is 38.1 Å². The molecule has 3 rings (SSSR count). The van der Waals surface area contributed by atoms with E-state index in [1.807, 2.05) is 12.1 Å². The van der Waals surface area contributed by atoms with Crippen LogP contribution in [0.15, 0.2) is 54.6 Å². The predicted molar refractivity (Wildman–Crippen MR) is 97.6 cm³/mol. The van der Waals surface area contributed by atoms with Crippen molar-refractivity contribution in [3.05, 3.63) is 60.2 Å². The van der Waals surface area contributed by atoms with E-state index in [0.29, 0.717) is 6.04 Å². The molecule has 24 heavy (non-hydrogen) atoms. The number of benzene rings is 2. The van der Waals surface area contributed by atoms with Gasteiger partial charge in [0.25, 0.3) is 0 Å². The molecule has 0 spiro atoms. The molecule has 3 heteroatoms. The summed E-state index contributed by atoms with van der Waals surface area (Å²) in [6.45, 7) is 3.02. The molecular formula is C21H27NO2. The van der Waals surface area contributed by atoms with Gasteiger partial charge in [-0.05, 0) is 62.1 Å². The molecule has 0 aliphatic carbocycles. The summed E-state index contributed by atoms with van der Waals surface area (Å²) < 4.78 is 5.77. The Morgan fingerprint density at radius 1 is 1.00 bits per heavy atom. The molecule has 0 amide bonds. The predicted octanol–water partition coefficient (Wildman–Crippen LogP) is 4.26. The second-order valence-electron chi connectivity index (χ2n) is 6.57. The molecule has 1 saturated heterocycles. The first-order valence-electron chi connectivity index (χ1n) is 9.01. The number of phenols is 1. The van der Waals surface area contributed by atoms with Crippen molar-refractivity contribution in [2.75, 3.05) is 19.7 Å². The normalized spacial score (nSPS) is 18.4. The van der Waals surface area contributed by atoms with Crippen LogP contribution < -0.4 is 4.74 Å². The van der Waals surface area contributed by atoms with Gasteiger partial charge in [0.2, 0.25) is 0 Å². The number of likely N-dealkylation sites (tertiary alicyclic amines) is 1. The van der Waals surface area contributed by atoms with Crippen LogP contribution in [0.3, 0.4) is 0 Å². The minimum absolute atomic E-state index is 0.277. The van der Waals surface area contributed by atoms with E-state index in [2.05, 4.69) is 35.2 Å². The maximum Gasteiger partial charge on any atom is 0.119 e. The van der Waals surface area contributed by atoms with Crippen LogP contribution in [0.1, 0.15) is 31.2 Å². The molecule has 128 valence electrons. The first-order valence-corrected chi connectivity index (χ1v) is 9.01. The Kier molecular flexibility index (Phi) is 6.13. The fourth-order valence-corrected chi connectivity index (χ4v) is 3.47. The Morgan fingerprint density at radius 2 is 1.79 bits per heavy atom. The van der Waals surface area contributed by atoms with Gasteiger partial charge in [0, 0.05) is 12.6 Å². The van der Waals surface area contributed by atoms with E-state index in [1.165, 1.54) is 31.4 Å². The number of hydrogen-bond donors (Lipinski definition) is 1. The quantitative estimate of drug-likeness (QED) is 0.772. The van der Waals surface area contributed by atoms with Gasteiger partial charge in [-0.2, -0.15) is 0 Å². The summed E-state index contributed by atoms with van der Waals surface area (Å²) >= 11 is 0. The zero-order valence-corrected chi connectivity index (χ0v) is 14.2. The maximum absolute atomic E-state index is 9.29. The highest BCUT2D eigenvalue weighted by molar-refractivity contribution is 5.30. The Labute approximate surface area is 144 Å². The van der Waals surface area contributed by atoms with Crippen molar-refractivity contribution in [1.82, 2.24) is 4.90 Å². The van der Waals surface area contributed by atoms with Crippen LogP contribution in [-0.4, -0.2) is 35.7 Å². The molecule has 1 aliphatic rings. The van der Waals surface area contributed by atoms with Crippen LogP contribution in [-0.2, 0) is 6.42 Å². The first-order chi connectivity index (χ1) is 11.8. The molecule has 0 radical (unpaired) electrons. The number of hydrogen-bond acceptors (Lipinski definition) is 3. The van der Waals surface area contributed by atoms with Crippen LogP contribution in [0.4, 0.5) is 0 Å². The molecule has 2 aromatic rings. The lowest BCUT2D eigenvalue weighted by atomic mass is 9.95. The van der Waals surface area contributed by atoms with Gasteiger partial charge in [0.15, 0.2) is 0 Å². The highest BCUT2D eigenvalue weighted by atomic mass is 16.5. The van der Waals surface area contributed by atoms with E-state index >= 15 is 0 Å². The molecule has 0 saturated carbocycles. The molecular weight excluding hydrogens is 298 g/mol. The van der Waals surface area contributed by atoms with Gasteiger partial charge in [-0.3, -0.25) is 4.90 Å². The summed E-state index contributed by atoms with van der Waals surface area (Å²) in [6, 6.07) is 18.4. The van der Waals surface area contributed by atoms with E-state index in [9.17, 15) is 5.11 Å². The van der Waals surface area contributed by atoms with E-state index in [1.54, 1.807) is 12.1 Å². The van der Waals surface area contributed by atoms with Crippen molar-refractivity contribution in [1.29, 1.82) is 0 Å². The Hall–Kier alpha value is -2.00. The second-order valence-corrected chi connectivity index (χ2v) is 6.57. The minimum Gasteiger partial charge on any atom is -0.508 e. The second kappa shape index (κ2) is 8.74. The van der Waals surface area contributed by atoms with Crippen LogP contribution in [0, 0.1) is 0 Å². The maximum atomic E-state index is 9.29. The SMILES string of the molecule is Oc1ccc(OCCCN2CCCCC2Cc2ccccc2)cc1. The van der Waals surface area contributed by atoms with Crippen molar-refractivity contribution in [3.8, 4) is 11.5 Å². The van der Waals surface area contributed by atoms with E-state index in [-0.39, 0.29) is 5.75 Å². The zero-order chi connectivity index (χ0) is 16.6. The van der Waals surface area contributed by atoms with Crippen LogP contribution in [0.5, 0.6) is 11.5 Å². The smallest absolute Gasteiger partial charge is 0.119 e. The molecule has 0 bridgehead atoms. The third kappa shape index (κ3) is 5.00. The summed E-state index contributed by atoms with van der Waals surface area (Å²) in [6.07, 6.45) is 6.14.